The fraction of sp³-hybridized carbons (Fsp3) is 0.154. The Morgan fingerprint density at radius 3 is 2.86 bits per heavy atom. The van der Waals surface area contributed by atoms with Gasteiger partial charge < -0.3 is 15.2 Å². The number of thiazole rings is 1. The van der Waals surface area contributed by atoms with Gasteiger partial charge in [0, 0.05) is 22.5 Å². The normalized spacial score (nSPS) is 10.2. The lowest BCUT2D eigenvalue weighted by Crippen LogP contribution is -2.23. The Hall–Kier alpha value is -2.12. The number of nitrogens with zero attached hydrogens (tertiary/aromatic N) is 1. The molecule has 110 valence electrons. The Morgan fingerprint density at radius 1 is 1.48 bits per heavy atom. The number of methoxy groups -OCH3 is 1. The molecule has 0 saturated heterocycles. The molecule has 2 aromatic rings. The van der Waals surface area contributed by atoms with Crippen molar-refractivity contribution >= 4 is 34.8 Å². The monoisotopic (exact) mass is 326 g/mol. The second-order valence-electron chi connectivity index (χ2n) is 3.95. The topological polar surface area (TPSA) is 88.5 Å². The van der Waals surface area contributed by atoms with E-state index in [2.05, 4.69) is 10.3 Å². The molecule has 0 radical (unpaired) electrons. The SMILES string of the molecule is COc1cccc(Cl)c1CNC(=O)c1nc(C(=O)O)cs1. The smallest absolute Gasteiger partial charge is 0.355 e. The molecule has 0 saturated carbocycles. The summed E-state index contributed by atoms with van der Waals surface area (Å²) in [5.41, 5.74) is 0.491. The Morgan fingerprint density at radius 2 is 2.24 bits per heavy atom. The summed E-state index contributed by atoms with van der Waals surface area (Å²) in [5.74, 6) is -1.07. The van der Waals surface area contributed by atoms with Crippen LogP contribution in [0.1, 0.15) is 25.9 Å². The second kappa shape index (κ2) is 6.55. The molecular formula is C13H11ClN2O4S. The number of rotatable bonds is 5. The highest BCUT2D eigenvalue weighted by atomic mass is 35.5. The first-order valence-electron chi connectivity index (χ1n) is 5.81. The maximum Gasteiger partial charge on any atom is 0.355 e. The molecule has 0 unspecified atom stereocenters. The largest absolute Gasteiger partial charge is 0.496 e. The van der Waals surface area contributed by atoms with Gasteiger partial charge in [-0.25, -0.2) is 9.78 Å². The van der Waals surface area contributed by atoms with Crippen LogP contribution in [0.4, 0.5) is 0 Å². The molecule has 0 fully saturated rings. The van der Waals surface area contributed by atoms with Crippen LogP contribution in [0.5, 0.6) is 5.75 Å². The fourth-order valence-electron chi connectivity index (χ4n) is 1.62. The first-order chi connectivity index (χ1) is 10.0. The number of carbonyl (C=O) groups excluding carboxylic acids is 1. The molecule has 1 amide bonds. The summed E-state index contributed by atoms with van der Waals surface area (Å²) in [5, 5.41) is 13.3. The van der Waals surface area contributed by atoms with Gasteiger partial charge >= 0.3 is 5.97 Å². The van der Waals surface area contributed by atoms with Crippen molar-refractivity contribution < 1.29 is 19.4 Å². The van der Waals surface area contributed by atoms with Gasteiger partial charge in [0.15, 0.2) is 10.7 Å². The van der Waals surface area contributed by atoms with E-state index in [-0.39, 0.29) is 17.2 Å². The summed E-state index contributed by atoms with van der Waals surface area (Å²) in [6.07, 6.45) is 0. The van der Waals surface area contributed by atoms with Crippen LogP contribution in [0.3, 0.4) is 0 Å². The Kier molecular flexibility index (Phi) is 4.77. The summed E-state index contributed by atoms with van der Waals surface area (Å²) < 4.78 is 5.17. The summed E-state index contributed by atoms with van der Waals surface area (Å²) in [6, 6.07) is 5.17. The standard InChI is InChI=1S/C13H11ClN2O4S/c1-20-10-4-2-3-8(14)7(10)5-15-11(17)12-16-9(6-21-12)13(18)19/h2-4,6H,5H2,1H3,(H,15,17)(H,18,19). The number of hydrogen-bond acceptors (Lipinski definition) is 5. The van der Waals surface area contributed by atoms with Gasteiger partial charge in [-0.15, -0.1) is 11.3 Å². The number of benzene rings is 1. The molecular weight excluding hydrogens is 316 g/mol. The summed E-state index contributed by atoms with van der Waals surface area (Å²) >= 11 is 7.03. The van der Waals surface area contributed by atoms with Crippen molar-refractivity contribution in [3.8, 4) is 5.75 Å². The van der Waals surface area contributed by atoms with Crippen molar-refractivity contribution in [1.82, 2.24) is 10.3 Å². The van der Waals surface area contributed by atoms with Gasteiger partial charge in [0.2, 0.25) is 0 Å². The number of aromatic carboxylic acids is 1. The molecule has 0 aliphatic heterocycles. The highest BCUT2D eigenvalue weighted by Crippen LogP contribution is 2.26. The van der Waals surface area contributed by atoms with E-state index in [0.717, 1.165) is 11.3 Å². The average molecular weight is 327 g/mol. The fourth-order valence-corrected chi connectivity index (χ4v) is 2.56. The molecule has 0 spiro atoms. The number of carboxylic acids is 1. The number of halogens is 1. The van der Waals surface area contributed by atoms with Gasteiger partial charge in [-0.2, -0.15) is 0 Å². The number of hydrogen-bond donors (Lipinski definition) is 2. The Balaban J connectivity index is 2.09. The van der Waals surface area contributed by atoms with Crippen LogP contribution in [0.25, 0.3) is 0 Å². The van der Waals surface area contributed by atoms with Crippen LogP contribution in [-0.4, -0.2) is 29.1 Å². The minimum absolute atomic E-state index is 0.0819. The minimum atomic E-state index is -1.17. The summed E-state index contributed by atoms with van der Waals surface area (Å²) in [6.45, 7) is 0.156. The lowest BCUT2D eigenvalue weighted by molar-refractivity contribution is 0.0691. The zero-order valence-electron chi connectivity index (χ0n) is 10.9. The van der Waals surface area contributed by atoms with Crippen LogP contribution in [0.2, 0.25) is 5.02 Å². The molecule has 1 aromatic carbocycles. The van der Waals surface area contributed by atoms with E-state index in [1.165, 1.54) is 12.5 Å². The minimum Gasteiger partial charge on any atom is -0.496 e. The van der Waals surface area contributed by atoms with E-state index in [0.29, 0.717) is 16.3 Å². The first-order valence-corrected chi connectivity index (χ1v) is 7.07. The molecule has 8 heteroatoms. The highest BCUT2D eigenvalue weighted by molar-refractivity contribution is 7.11. The van der Waals surface area contributed by atoms with Crippen LogP contribution in [-0.2, 0) is 6.54 Å². The van der Waals surface area contributed by atoms with Crippen molar-refractivity contribution in [2.24, 2.45) is 0 Å². The maximum absolute atomic E-state index is 11.9. The Bertz CT molecular complexity index is 687. The molecule has 6 nitrogen and oxygen atoms in total. The Labute approximate surface area is 129 Å². The third-order valence-corrected chi connectivity index (χ3v) is 3.83. The zero-order valence-corrected chi connectivity index (χ0v) is 12.5. The van der Waals surface area contributed by atoms with E-state index in [1.54, 1.807) is 18.2 Å². The van der Waals surface area contributed by atoms with Gasteiger partial charge in [0.25, 0.3) is 5.91 Å². The second-order valence-corrected chi connectivity index (χ2v) is 5.21. The van der Waals surface area contributed by atoms with Crippen LogP contribution >= 0.6 is 22.9 Å². The van der Waals surface area contributed by atoms with Gasteiger partial charge in [-0.1, -0.05) is 17.7 Å². The quantitative estimate of drug-likeness (QED) is 0.881. The number of amides is 1. The third kappa shape index (κ3) is 3.50. The van der Waals surface area contributed by atoms with E-state index in [4.69, 9.17) is 21.4 Å². The molecule has 2 rings (SSSR count). The first kappa shape index (κ1) is 15.3. The lowest BCUT2D eigenvalue weighted by Gasteiger charge is -2.10. The lowest BCUT2D eigenvalue weighted by atomic mass is 10.2. The molecule has 0 atom stereocenters. The molecule has 1 heterocycles. The number of carbonyl (C=O) groups is 2. The van der Waals surface area contributed by atoms with Gasteiger partial charge in [0.1, 0.15) is 5.75 Å². The number of nitrogens with one attached hydrogen (secondary N) is 1. The van der Waals surface area contributed by atoms with E-state index in [1.807, 2.05) is 0 Å². The number of carboxylic acid groups (broad SMARTS) is 1. The van der Waals surface area contributed by atoms with Crippen molar-refractivity contribution in [1.29, 1.82) is 0 Å². The predicted octanol–water partition coefficient (Wildman–Crippen LogP) is 2.43. The highest BCUT2D eigenvalue weighted by Gasteiger charge is 2.15. The predicted molar refractivity (Wildman–Crippen MR) is 78.2 cm³/mol. The molecule has 2 N–H and O–H groups in total. The maximum atomic E-state index is 11.9. The van der Waals surface area contributed by atoms with Crippen molar-refractivity contribution in [2.45, 2.75) is 6.54 Å². The third-order valence-electron chi connectivity index (χ3n) is 2.64. The van der Waals surface area contributed by atoms with Gasteiger partial charge in [-0.05, 0) is 12.1 Å². The molecule has 0 bridgehead atoms. The average Bonchev–Trinajstić information content (AvgIpc) is 2.95. The molecule has 0 aliphatic carbocycles. The van der Waals surface area contributed by atoms with Crippen LogP contribution in [0, 0.1) is 0 Å². The van der Waals surface area contributed by atoms with E-state index < -0.39 is 11.9 Å². The van der Waals surface area contributed by atoms with Gasteiger partial charge in [-0.3, -0.25) is 4.79 Å². The van der Waals surface area contributed by atoms with Crippen molar-refractivity contribution in [3.05, 3.63) is 44.9 Å². The zero-order chi connectivity index (χ0) is 15.4. The summed E-state index contributed by atoms with van der Waals surface area (Å²) in [7, 11) is 1.51. The number of aromatic nitrogens is 1. The van der Waals surface area contributed by atoms with E-state index in [9.17, 15) is 9.59 Å². The van der Waals surface area contributed by atoms with Crippen molar-refractivity contribution in [2.75, 3.05) is 7.11 Å². The van der Waals surface area contributed by atoms with Gasteiger partial charge in [0.05, 0.1) is 7.11 Å². The summed E-state index contributed by atoms with van der Waals surface area (Å²) in [4.78, 5) is 26.4. The van der Waals surface area contributed by atoms with E-state index >= 15 is 0 Å². The molecule has 21 heavy (non-hydrogen) atoms. The number of ether oxygens (including phenoxy) is 1. The van der Waals surface area contributed by atoms with Crippen LogP contribution in [0.15, 0.2) is 23.6 Å². The molecule has 0 aliphatic rings. The van der Waals surface area contributed by atoms with Crippen LogP contribution < -0.4 is 10.1 Å². The molecule has 1 aromatic heterocycles. The van der Waals surface area contributed by atoms with Crippen molar-refractivity contribution in [3.63, 3.8) is 0 Å².